The van der Waals surface area contributed by atoms with Gasteiger partial charge in [0.15, 0.2) is 0 Å². The van der Waals surface area contributed by atoms with E-state index in [0.717, 1.165) is 44.3 Å². The predicted molar refractivity (Wildman–Crippen MR) is 77.5 cm³/mol. The van der Waals surface area contributed by atoms with Crippen molar-refractivity contribution in [3.05, 3.63) is 29.3 Å². The molecule has 4 nitrogen and oxygen atoms in total. The maximum Gasteiger partial charge on any atom is 0.243 e. The summed E-state index contributed by atoms with van der Waals surface area (Å²) in [7, 11) is 0. The third kappa shape index (κ3) is 2.18. The lowest BCUT2D eigenvalue weighted by Gasteiger charge is -2.36. The smallest absolute Gasteiger partial charge is 0.243 e. The minimum atomic E-state index is -0.353. The summed E-state index contributed by atoms with van der Waals surface area (Å²) < 4.78 is 0. The van der Waals surface area contributed by atoms with Crippen LogP contribution in [0.15, 0.2) is 18.2 Å². The standard InChI is InChI=1S/C16H22N2O2/c1-2-16(7-3-8-17-16)15(20)18-9-6-12-4-5-14(19)10-13(12)11-18/h4-5,10,17,19H,2-3,6-9,11H2,1H3. The van der Waals surface area contributed by atoms with Gasteiger partial charge in [0.1, 0.15) is 5.75 Å². The van der Waals surface area contributed by atoms with E-state index < -0.39 is 0 Å². The summed E-state index contributed by atoms with van der Waals surface area (Å²) >= 11 is 0. The van der Waals surface area contributed by atoms with Crippen LogP contribution in [0, 0.1) is 0 Å². The van der Waals surface area contributed by atoms with Crippen molar-refractivity contribution in [1.29, 1.82) is 0 Å². The van der Waals surface area contributed by atoms with Gasteiger partial charge in [-0.2, -0.15) is 0 Å². The summed E-state index contributed by atoms with van der Waals surface area (Å²) in [4.78, 5) is 14.8. The largest absolute Gasteiger partial charge is 0.508 e. The Balaban J connectivity index is 1.81. The summed E-state index contributed by atoms with van der Waals surface area (Å²) in [6.45, 7) is 4.41. The lowest BCUT2D eigenvalue weighted by atomic mass is 9.90. The fourth-order valence-corrected chi connectivity index (χ4v) is 3.46. The van der Waals surface area contributed by atoms with Crippen LogP contribution in [-0.2, 0) is 17.8 Å². The first kappa shape index (κ1) is 13.4. The highest BCUT2D eigenvalue weighted by Gasteiger charge is 2.42. The number of hydrogen-bond donors (Lipinski definition) is 2. The predicted octanol–water partition coefficient (Wildman–Crippen LogP) is 1.81. The molecule has 1 aromatic carbocycles. The quantitative estimate of drug-likeness (QED) is 0.865. The Morgan fingerprint density at radius 2 is 2.30 bits per heavy atom. The summed E-state index contributed by atoms with van der Waals surface area (Å²) in [5.41, 5.74) is 1.97. The normalized spacial score (nSPS) is 25.6. The van der Waals surface area contributed by atoms with E-state index >= 15 is 0 Å². The van der Waals surface area contributed by atoms with Gasteiger partial charge >= 0.3 is 0 Å². The lowest BCUT2D eigenvalue weighted by Crippen LogP contribution is -2.55. The Morgan fingerprint density at radius 3 is 3.00 bits per heavy atom. The highest BCUT2D eigenvalue weighted by atomic mass is 16.3. The van der Waals surface area contributed by atoms with Gasteiger partial charge in [-0.05, 0) is 55.5 Å². The molecule has 1 saturated heterocycles. The molecule has 2 N–H and O–H groups in total. The molecule has 0 radical (unpaired) electrons. The van der Waals surface area contributed by atoms with Crippen molar-refractivity contribution in [2.24, 2.45) is 0 Å². The van der Waals surface area contributed by atoms with Gasteiger partial charge in [0, 0.05) is 13.1 Å². The number of carbonyl (C=O) groups is 1. The number of hydrogen-bond acceptors (Lipinski definition) is 3. The van der Waals surface area contributed by atoms with Gasteiger partial charge in [0.25, 0.3) is 0 Å². The van der Waals surface area contributed by atoms with Crippen LogP contribution in [0.4, 0.5) is 0 Å². The van der Waals surface area contributed by atoms with E-state index in [-0.39, 0.29) is 17.2 Å². The van der Waals surface area contributed by atoms with Crippen LogP contribution in [0.5, 0.6) is 5.75 Å². The molecule has 0 aliphatic carbocycles. The SMILES string of the molecule is CCC1(C(=O)N2CCc3ccc(O)cc3C2)CCCN1. The van der Waals surface area contributed by atoms with Crippen molar-refractivity contribution in [3.63, 3.8) is 0 Å². The monoisotopic (exact) mass is 274 g/mol. The van der Waals surface area contributed by atoms with E-state index in [1.54, 1.807) is 12.1 Å². The van der Waals surface area contributed by atoms with Gasteiger partial charge in [-0.15, -0.1) is 0 Å². The molecular formula is C16H22N2O2. The van der Waals surface area contributed by atoms with Gasteiger partial charge in [-0.3, -0.25) is 4.79 Å². The van der Waals surface area contributed by atoms with Gasteiger partial charge in [0.2, 0.25) is 5.91 Å². The molecule has 2 heterocycles. The molecule has 108 valence electrons. The molecule has 4 heteroatoms. The molecule has 0 aromatic heterocycles. The fraction of sp³-hybridized carbons (Fsp3) is 0.562. The van der Waals surface area contributed by atoms with Crippen LogP contribution < -0.4 is 5.32 Å². The lowest BCUT2D eigenvalue weighted by molar-refractivity contribution is -0.139. The number of phenols is 1. The van der Waals surface area contributed by atoms with Gasteiger partial charge in [-0.25, -0.2) is 0 Å². The Hall–Kier alpha value is -1.55. The van der Waals surface area contributed by atoms with Crippen LogP contribution in [0.25, 0.3) is 0 Å². The zero-order valence-corrected chi connectivity index (χ0v) is 12.0. The van der Waals surface area contributed by atoms with Gasteiger partial charge < -0.3 is 15.3 Å². The molecule has 1 fully saturated rings. The summed E-state index contributed by atoms with van der Waals surface area (Å²) in [6, 6.07) is 5.48. The molecule has 2 aliphatic rings. The Bertz CT molecular complexity index is 521. The number of rotatable bonds is 2. The first-order valence-electron chi connectivity index (χ1n) is 7.50. The summed E-state index contributed by atoms with van der Waals surface area (Å²) in [5, 5.41) is 13.0. The van der Waals surface area contributed by atoms with Crippen molar-refractivity contribution < 1.29 is 9.90 Å². The highest BCUT2D eigenvalue weighted by molar-refractivity contribution is 5.87. The first-order valence-corrected chi connectivity index (χ1v) is 7.50. The zero-order chi connectivity index (χ0) is 14.2. The Kier molecular flexibility index (Phi) is 3.42. The average Bonchev–Trinajstić information content (AvgIpc) is 2.95. The molecule has 0 spiro atoms. The number of aromatic hydroxyl groups is 1. The number of fused-ring (bicyclic) bond motifs is 1. The summed E-state index contributed by atoms with van der Waals surface area (Å²) in [5.74, 6) is 0.508. The molecule has 0 saturated carbocycles. The third-order valence-corrected chi connectivity index (χ3v) is 4.75. The molecule has 1 aromatic rings. The minimum Gasteiger partial charge on any atom is -0.508 e. The number of nitrogens with zero attached hydrogens (tertiary/aromatic N) is 1. The molecule has 3 rings (SSSR count). The number of benzene rings is 1. The maximum atomic E-state index is 12.8. The number of nitrogens with one attached hydrogen (secondary N) is 1. The Labute approximate surface area is 119 Å². The van der Waals surface area contributed by atoms with E-state index in [1.807, 2.05) is 11.0 Å². The zero-order valence-electron chi connectivity index (χ0n) is 12.0. The van der Waals surface area contributed by atoms with Gasteiger partial charge in [0.05, 0.1) is 5.54 Å². The minimum absolute atomic E-state index is 0.228. The van der Waals surface area contributed by atoms with Crippen LogP contribution >= 0.6 is 0 Å². The first-order chi connectivity index (χ1) is 9.64. The van der Waals surface area contributed by atoms with Crippen molar-refractivity contribution in [2.75, 3.05) is 13.1 Å². The number of carbonyl (C=O) groups excluding carboxylic acids is 1. The van der Waals surface area contributed by atoms with Crippen LogP contribution in [0.3, 0.4) is 0 Å². The van der Waals surface area contributed by atoms with Crippen LogP contribution in [-0.4, -0.2) is 34.5 Å². The van der Waals surface area contributed by atoms with Crippen molar-refractivity contribution in [1.82, 2.24) is 10.2 Å². The molecule has 1 atom stereocenters. The van der Waals surface area contributed by atoms with E-state index in [4.69, 9.17) is 0 Å². The number of amides is 1. The van der Waals surface area contributed by atoms with Crippen molar-refractivity contribution >= 4 is 5.91 Å². The molecule has 2 aliphatic heterocycles. The highest BCUT2D eigenvalue weighted by Crippen LogP contribution is 2.29. The van der Waals surface area contributed by atoms with E-state index in [9.17, 15) is 9.90 Å². The second-order valence-electron chi connectivity index (χ2n) is 5.90. The van der Waals surface area contributed by atoms with E-state index in [1.165, 1.54) is 5.56 Å². The molecule has 1 unspecified atom stereocenters. The molecule has 1 amide bonds. The number of phenolic OH excluding ortho intramolecular Hbond substituents is 1. The molecule has 20 heavy (non-hydrogen) atoms. The topological polar surface area (TPSA) is 52.6 Å². The molecule has 0 bridgehead atoms. The average molecular weight is 274 g/mol. The van der Waals surface area contributed by atoms with Crippen molar-refractivity contribution in [3.8, 4) is 5.75 Å². The second-order valence-corrected chi connectivity index (χ2v) is 5.90. The van der Waals surface area contributed by atoms with Crippen molar-refractivity contribution in [2.45, 2.75) is 44.7 Å². The van der Waals surface area contributed by atoms with Crippen LogP contribution in [0.2, 0.25) is 0 Å². The third-order valence-electron chi connectivity index (χ3n) is 4.75. The Morgan fingerprint density at radius 1 is 1.45 bits per heavy atom. The fourth-order valence-electron chi connectivity index (χ4n) is 3.46. The van der Waals surface area contributed by atoms with E-state index in [0.29, 0.717) is 6.54 Å². The maximum absolute atomic E-state index is 12.8. The van der Waals surface area contributed by atoms with Gasteiger partial charge in [-0.1, -0.05) is 13.0 Å². The molecular weight excluding hydrogens is 252 g/mol. The van der Waals surface area contributed by atoms with E-state index in [2.05, 4.69) is 12.2 Å². The second kappa shape index (κ2) is 5.09. The van der Waals surface area contributed by atoms with Crippen LogP contribution in [0.1, 0.15) is 37.3 Å². The summed E-state index contributed by atoms with van der Waals surface area (Å²) in [6.07, 6.45) is 3.73.